The Morgan fingerprint density at radius 1 is 1.25 bits per heavy atom. The van der Waals surface area contributed by atoms with Crippen LogP contribution in [0, 0.1) is 11.3 Å². The fourth-order valence-electron chi connectivity index (χ4n) is 1.70. The fraction of sp³-hybridized carbons (Fsp3) is 0.0667. The maximum atomic E-state index is 8.70. The van der Waals surface area contributed by atoms with E-state index in [1.54, 1.807) is 18.3 Å². The normalized spacial score (nSPS) is 10.9. The van der Waals surface area contributed by atoms with Gasteiger partial charge in [-0.2, -0.15) is 5.26 Å². The molecule has 0 fully saturated rings. The van der Waals surface area contributed by atoms with Crippen LogP contribution in [0.25, 0.3) is 5.70 Å². The van der Waals surface area contributed by atoms with Gasteiger partial charge in [0.25, 0.3) is 0 Å². The molecule has 0 saturated heterocycles. The summed E-state index contributed by atoms with van der Waals surface area (Å²) in [5.74, 6) is 5.89. The molecule has 0 aliphatic heterocycles. The lowest BCUT2D eigenvalue weighted by atomic mass is 10.2. The number of hydrogen-bond acceptors (Lipinski definition) is 5. The number of rotatable bonds is 4. The number of benzene rings is 1. The third kappa shape index (κ3) is 3.57. The summed E-state index contributed by atoms with van der Waals surface area (Å²) in [5.41, 5.74) is 8.76. The maximum absolute atomic E-state index is 8.70. The third-order valence-electron chi connectivity index (χ3n) is 2.71. The number of aromatic nitrogens is 1. The molecule has 100 valence electrons. The summed E-state index contributed by atoms with van der Waals surface area (Å²) < 4.78 is 0. The van der Waals surface area contributed by atoms with E-state index in [2.05, 4.69) is 4.98 Å². The van der Waals surface area contributed by atoms with Gasteiger partial charge in [0.15, 0.2) is 0 Å². The molecule has 4 N–H and O–H groups in total. The first-order valence-electron chi connectivity index (χ1n) is 6.08. The van der Waals surface area contributed by atoms with Crippen molar-refractivity contribution in [1.29, 1.82) is 5.26 Å². The van der Waals surface area contributed by atoms with E-state index in [1.807, 2.05) is 36.4 Å². The predicted octanol–water partition coefficient (Wildman–Crippen LogP) is 1.59. The summed E-state index contributed by atoms with van der Waals surface area (Å²) >= 11 is 0. The van der Waals surface area contributed by atoms with Gasteiger partial charge in [-0.3, -0.25) is 4.98 Å². The van der Waals surface area contributed by atoms with Gasteiger partial charge in [0.05, 0.1) is 23.5 Å². The standard InChI is InChI=1S/C15H15N5/c16-8-12-6-7-14(19-9-12)10-20(18)11-15(17)13-4-2-1-3-5-13/h1-7,9,11H,10,17-18H2/b15-11-. The van der Waals surface area contributed by atoms with Gasteiger partial charge in [-0.15, -0.1) is 0 Å². The highest BCUT2D eigenvalue weighted by atomic mass is 15.4. The molecule has 1 aromatic heterocycles. The zero-order valence-electron chi connectivity index (χ0n) is 10.9. The van der Waals surface area contributed by atoms with Gasteiger partial charge in [-0.05, 0) is 17.7 Å². The molecule has 0 bridgehead atoms. The van der Waals surface area contributed by atoms with Gasteiger partial charge in [0, 0.05) is 12.4 Å². The second-order valence-corrected chi connectivity index (χ2v) is 4.27. The zero-order chi connectivity index (χ0) is 14.4. The van der Waals surface area contributed by atoms with Gasteiger partial charge in [0.1, 0.15) is 6.07 Å². The summed E-state index contributed by atoms with van der Waals surface area (Å²) in [4.78, 5) is 4.16. The molecule has 20 heavy (non-hydrogen) atoms. The molecule has 0 spiro atoms. The number of nitrogens with two attached hydrogens (primary N) is 2. The van der Waals surface area contributed by atoms with Crippen LogP contribution in [-0.4, -0.2) is 9.99 Å². The van der Waals surface area contributed by atoms with E-state index in [-0.39, 0.29) is 0 Å². The Balaban J connectivity index is 2.04. The van der Waals surface area contributed by atoms with E-state index in [1.165, 1.54) is 11.2 Å². The highest BCUT2D eigenvalue weighted by Crippen LogP contribution is 2.09. The lowest BCUT2D eigenvalue weighted by molar-refractivity contribution is 0.382. The Hall–Kier alpha value is -2.84. The van der Waals surface area contributed by atoms with E-state index in [0.717, 1.165) is 11.3 Å². The molecular weight excluding hydrogens is 250 g/mol. The average Bonchev–Trinajstić information content (AvgIpc) is 2.49. The van der Waals surface area contributed by atoms with Crippen LogP contribution in [0.2, 0.25) is 0 Å². The molecule has 0 aliphatic rings. The van der Waals surface area contributed by atoms with Crippen molar-refractivity contribution in [2.75, 3.05) is 0 Å². The van der Waals surface area contributed by atoms with Crippen molar-refractivity contribution in [2.45, 2.75) is 6.54 Å². The van der Waals surface area contributed by atoms with Crippen LogP contribution < -0.4 is 11.6 Å². The smallest absolute Gasteiger partial charge is 0.101 e. The first-order valence-corrected chi connectivity index (χ1v) is 6.08. The SMILES string of the molecule is N#Cc1ccc(CN(N)/C=C(\N)c2ccccc2)nc1. The summed E-state index contributed by atoms with van der Waals surface area (Å²) in [6.45, 7) is 0.416. The number of pyridine rings is 1. The monoisotopic (exact) mass is 265 g/mol. The van der Waals surface area contributed by atoms with Crippen molar-refractivity contribution >= 4 is 5.70 Å². The van der Waals surface area contributed by atoms with Crippen LogP contribution in [0.3, 0.4) is 0 Å². The van der Waals surface area contributed by atoms with Crippen molar-refractivity contribution in [1.82, 2.24) is 9.99 Å². The van der Waals surface area contributed by atoms with Crippen LogP contribution in [0.5, 0.6) is 0 Å². The van der Waals surface area contributed by atoms with Crippen molar-refractivity contribution in [2.24, 2.45) is 11.6 Å². The fourth-order valence-corrected chi connectivity index (χ4v) is 1.70. The minimum absolute atomic E-state index is 0.416. The van der Waals surface area contributed by atoms with E-state index >= 15 is 0 Å². The molecule has 2 aromatic rings. The van der Waals surface area contributed by atoms with Crippen molar-refractivity contribution in [3.63, 3.8) is 0 Å². The van der Waals surface area contributed by atoms with Crippen LogP contribution in [-0.2, 0) is 6.54 Å². The molecular formula is C15H15N5. The van der Waals surface area contributed by atoms with Crippen LogP contribution >= 0.6 is 0 Å². The lowest BCUT2D eigenvalue weighted by Crippen LogP contribution is -2.26. The molecule has 0 saturated carbocycles. The molecule has 1 aromatic carbocycles. The van der Waals surface area contributed by atoms with E-state index in [4.69, 9.17) is 16.8 Å². The minimum atomic E-state index is 0.416. The molecule has 2 rings (SSSR count). The van der Waals surface area contributed by atoms with E-state index in [9.17, 15) is 0 Å². The molecule has 0 aliphatic carbocycles. The van der Waals surface area contributed by atoms with E-state index < -0.39 is 0 Å². The molecule has 5 nitrogen and oxygen atoms in total. The quantitative estimate of drug-likeness (QED) is 0.647. The highest BCUT2D eigenvalue weighted by molar-refractivity contribution is 5.61. The average molecular weight is 265 g/mol. The van der Waals surface area contributed by atoms with E-state index in [0.29, 0.717) is 17.8 Å². The molecule has 0 atom stereocenters. The molecule has 0 unspecified atom stereocenters. The Bertz CT molecular complexity index is 626. The number of nitriles is 1. The molecule has 1 heterocycles. The summed E-state index contributed by atoms with van der Waals surface area (Å²) in [7, 11) is 0. The first-order chi connectivity index (χ1) is 9.69. The van der Waals surface area contributed by atoms with Crippen LogP contribution in [0.1, 0.15) is 16.8 Å². The van der Waals surface area contributed by atoms with Gasteiger partial charge in [-0.1, -0.05) is 30.3 Å². The lowest BCUT2D eigenvalue weighted by Gasteiger charge is -2.14. The van der Waals surface area contributed by atoms with Crippen molar-refractivity contribution in [3.05, 3.63) is 71.7 Å². The largest absolute Gasteiger partial charge is 0.397 e. The molecule has 0 amide bonds. The van der Waals surface area contributed by atoms with Gasteiger partial charge < -0.3 is 10.7 Å². The van der Waals surface area contributed by atoms with Crippen molar-refractivity contribution < 1.29 is 0 Å². The summed E-state index contributed by atoms with van der Waals surface area (Å²) in [6.07, 6.45) is 3.18. The topological polar surface area (TPSA) is 92.0 Å². The Labute approximate surface area is 117 Å². The number of hydrogen-bond donors (Lipinski definition) is 2. The maximum Gasteiger partial charge on any atom is 0.101 e. The Morgan fingerprint density at radius 2 is 2.00 bits per heavy atom. The van der Waals surface area contributed by atoms with Gasteiger partial charge >= 0.3 is 0 Å². The van der Waals surface area contributed by atoms with Crippen LogP contribution in [0.15, 0.2) is 54.9 Å². The van der Waals surface area contributed by atoms with Crippen LogP contribution in [0.4, 0.5) is 0 Å². The predicted molar refractivity (Wildman–Crippen MR) is 77.3 cm³/mol. The zero-order valence-corrected chi connectivity index (χ0v) is 10.9. The first kappa shape index (κ1) is 13.6. The summed E-state index contributed by atoms with van der Waals surface area (Å²) in [5, 5.41) is 10.2. The summed E-state index contributed by atoms with van der Waals surface area (Å²) in [6, 6.07) is 15.1. The van der Waals surface area contributed by atoms with Gasteiger partial charge in [0.2, 0.25) is 0 Å². The minimum Gasteiger partial charge on any atom is -0.397 e. The highest BCUT2D eigenvalue weighted by Gasteiger charge is 2.01. The second-order valence-electron chi connectivity index (χ2n) is 4.27. The second kappa shape index (κ2) is 6.36. The Morgan fingerprint density at radius 3 is 2.60 bits per heavy atom. The number of nitrogens with zero attached hydrogens (tertiary/aromatic N) is 3. The third-order valence-corrected chi connectivity index (χ3v) is 2.71. The molecule has 0 radical (unpaired) electrons. The Kier molecular flexibility index (Phi) is 4.32. The van der Waals surface area contributed by atoms with Gasteiger partial charge in [-0.25, -0.2) is 5.84 Å². The molecule has 5 heteroatoms. The van der Waals surface area contributed by atoms with Crippen molar-refractivity contribution in [3.8, 4) is 6.07 Å². The number of hydrazine groups is 1.